The minimum absolute atomic E-state index is 0.0508. The van der Waals surface area contributed by atoms with Crippen LogP contribution < -0.4 is 5.32 Å². The number of nitrogens with one attached hydrogen (secondary N) is 1. The smallest absolute Gasteiger partial charge is 0.127 e. The summed E-state index contributed by atoms with van der Waals surface area (Å²) in [5.41, 5.74) is 2.80. The van der Waals surface area contributed by atoms with E-state index in [2.05, 4.69) is 16.4 Å². The van der Waals surface area contributed by atoms with E-state index < -0.39 is 0 Å². The van der Waals surface area contributed by atoms with E-state index in [9.17, 15) is 4.39 Å². The van der Waals surface area contributed by atoms with Crippen LogP contribution in [-0.4, -0.2) is 4.98 Å². The molecule has 21 heavy (non-hydrogen) atoms. The molecule has 0 radical (unpaired) electrons. The third-order valence-electron chi connectivity index (χ3n) is 3.69. The molecule has 2 aromatic carbocycles. The third kappa shape index (κ3) is 2.93. The van der Waals surface area contributed by atoms with E-state index in [1.807, 2.05) is 43.3 Å². The molecular weight excluding hydrogens is 263 g/mol. The van der Waals surface area contributed by atoms with Gasteiger partial charge in [-0.2, -0.15) is 0 Å². The molecule has 0 bridgehead atoms. The molecule has 0 unspecified atom stereocenters. The predicted octanol–water partition coefficient (Wildman–Crippen LogP) is 4.22. The van der Waals surface area contributed by atoms with Gasteiger partial charge in [-0.3, -0.25) is 4.98 Å². The van der Waals surface area contributed by atoms with Crippen molar-refractivity contribution in [2.24, 2.45) is 0 Å². The third-order valence-corrected chi connectivity index (χ3v) is 3.69. The Labute approximate surface area is 123 Å². The molecule has 3 aromatic rings. The van der Waals surface area contributed by atoms with E-state index >= 15 is 0 Å². The molecule has 0 aliphatic rings. The average molecular weight is 280 g/mol. The van der Waals surface area contributed by atoms with Crippen LogP contribution in [0.5, 0.6) is 0 Å². The van der Waals surface area contributed by atoms with Crippen molar-refractivity contribution in [3.05, 3.63) is 77.7 Å². The van der Waals surface area contributed by atoms with Gasteiger partial charge in [-0.25, -0.2) is 4.39 Å². The zero-order valence-corrected chi connectivity index (χ0v) is 11.9. The maximum absolute atomic E-state index is 13.8. The number of hydrogen-bond acceptors (Lipinski definition) is 2. The van der Waals surface area contributed by atoms with E-state index in [0.717, 1.165) is 16.5 Å². The van der Waals surface area contributed by atoms with Crippen molar-refractivity contribution in [1.82, 2.24) is 10.3 Å². The number of aromatic nitrogens is 1. The monoisotopic (exact) mass is 280 g/mol. The Bertz CT molecular complexity index is 750. The van der Waals surface area contributed by atoms with Gasteiger partial charge in [0, 0.05) is 29.7 Å². The Morgan fingerprint density at radius 1 is 1.05 bits per heavy atom. The van der Waals surface area contributed by atoms with Crippen LogP contribution in [0, 0.1) is 5.82 Å². The molecule has 3 heteroatoms. The van der Waals surface area contributed by atoms with E-state index in [1.165, 1.54) is 6.07 Å². The molecule has 0 fully saturated rings. The standard InChI is InChI=1S/C18H17FN2/c1-13(16-9-2-3-10-17(16)19)21-12-15-7-4-6-14-8-5-11-20-18(14)15/h2-11,13,21H,12H2,1H3/t13-/m1/s1. The van der Waals surface area contributed by atoms with Gasteiger partial charge in [0.25, 0.3) is 0 Å². The molecule has 0 saturated carbocycles. The topological polar surface area (TPSA) is 24.9 Å². The first-order valence-electron chi connectivity index (χ1n) is 7.06. The number of fused-ring (bicyclic) bond motifs is 1. The summed E-state index contributed by atoms with van der Waals surface area (Å²) in [6, 6.07) is 16.9. The summed E-state index contributed by atoms with van der Waals surface area (Å²) in [6.07, 6.45) is 1.80. The second-order valence-electron chi connectivity index (χ2n) is 5.12. The largest absolute Gasteiger partial charge is 0.306 e. The molecule has 0 aliphatic heterocycles. The number of benzene rings is 2. The molecule has 1 aromatic heterocycles. The second-order valence-corrected chi connectivity index (χ2v) is 5.12. The van der Waals surface area contributed by atoms with Gasteiger partial charge in [0.2, 0.25) is 0 Å². The lowest BCUT2D eigenvalue weighted by Gasteiger charge is -2.15. The molecule has 2 nitrogen and oxygen atoms in total. The summed E-state index contributed by atoms with van der Waals surface area (Å²) in [6.45, 7) is 2.63. The van der Waals surface area contributed by atoms with Gasteiger partial charge in [-0.15, -0.1) is 0 Å². The van der Waals surface area contributed by atoms with Crippen molar-refractivity contribution >= 4 is 10.9 Å². The van der Waals surface area contributed by atoms with Crippen molar-refractivity contribution in [1.29, 1.82) is 0 Å². The number of pyridine rings is 1. The Balaban J connectivity index is 1.79. The zero-order valence-electron chi connectivity index (χ0n) is 11.9. The first-order valence-corrected chi connectivity index (χ1v) is 7.06. The molecule has 1 atom stereocenters. The molecule has 0 aliphatic carbocycles. The van der Waals surface area contributed by atoms with Gasteiger partial charge in [-0.1, -0.05) is 42.5 Å². The van der Waals surface area contributed by atoms with E-state index in [4.69, 9.17) is 0 Å². The van der Waals surface area contributed by atoms with Crippen molar-refractivity contribution in [2.45, 2.75) is 19.5 Å². The Morgan fingerprint density at radius 3 is 2.71 bits per heavy atom. The minimum Gasteiger partial charge on any atom is -0.306 e. The lowest BCUT2D eigenvalue weighted by molar-refractivity contribution is 0.529. The van der Waals surface area contributed by atoms with Gasteiger partial charge in [-0.05, 0) is 24.6 Å². The van der Waals surface area contributed by atoms with Crippen LogP contribution in [0.25, 0.3) is 10.9 Å². The predicted molar refractivity (Wildman–Crippen MR) is 83.4 cm³/mol. The molecule has 1 N–H and O–H groups in total. The van der Waals surface area contributed by atoms with Crippen molar-refractivity contribution < 1.29 is 4.39 Å². The highest BCUT2D eigenvalue weighted by Crippen LogP contribution is 2.19. The fourth-order valence-corrected chi connectivity index (χ4v) is 2.51. The number of hydrogen-bond donors (Lipinski definition) is 1. The quantitative estimate of drug-likeness (QED) is 0.773. The molecule has 3 rings (SSSR count). The minimum atomic E-state index is -0.173. The first kappa shape index (κ1) is 13.7. The first-order chi connectivity index (χ1) is 10.3. The summed E-state index contributed by atoms with van der Waals surface area (Å²) in [5, 5.41) is 4.49. The van der Waals surface area contributed by atoms with Crippen molar-refractivity contribution in [3.63, 3.8) is 0 Å². The number of halogens is 1. The van der Waals surface area contributed by atoms with E-state index in [1.54, 1.807) is 12.3 Å². The summed E-state index contributed by atoms with van der Waals surface area (Å²) in [7, 11) is 0. The van der Waals surface area contributed by atoms with Crippen LogP contribution in [-0.2, 0) is 6.54 Å². The van der Waals surface area contributed by atoms with Crippen LogP contribution in [0.2, 0.25) is 0 Å². The Hall–Kier alpha value is -2.26. The summed E-state index contributed by atoms with van der Waals surface area (Å²) in [5.74, 6) is -0.173. The molecular formula is C18H17FN2. The molecule has 106 valence electrons. The van der Waals surface area contributed by atoms with Crippen LogP contribution in [0.4, 0.5) is 4.39 Å². The highest BCUT2D eigenvalue weighted by molar-refractivity contribution is 5.81. The normalized spacial score (nSPS) is 12.5. The van der Waals surface area contributed by atoms with Gasteiger partial charge in [0.15, 0.2) is 0 Å². The van der Waals surface area contributed by atoms with Crippen LogP contribution >= 0.6 is 0 Å². The number of nitrogens with zero attached hydrogens (tertiary/aromatic N) is 1. The average Bonchev–Trinajstić information content (AvgIpc) is 2.53. The molecule has 0 saturated heterocycles. The molecule has 0 amide bonds. The summed E-state index contributed by atoms with van der Waals surface area (Å²) >= 11 is 0. The highest BCUT2D eigenvalue weighted by atomic mass is 19.1. The zero-order chi connectivity index (χ0) is 14.7. The Kier molecular flexibility index (Phi) is 3.93. The molecule has 1 heterocycles. The lowest BCUT2D eigenvalue weighted by atomic mass is 10.1. The summed E-state index contributed by atoms with van der Waals surface area (Å²) in [4.78, 5) is 4.44. The van der Waals surface area contributed by atoms with E-state index in [-0.39, 0.29) is 11.9 Å². The SMILES string of the molecule is C[C@@H](NCc1cccc2cccnc12)c1ccccc1F. The van der Waals surface area contributed by atoms with E-state index in [0.29, 0.717) is 12.1 Å². The van der Waals surface area contributed by atoms with Crippen molar-refractivity contribution in [3.8, 4) is 0 Å². The van der Waals surface area contributed by atoms with Crippen LogP contribution in [0.3, 0.4) is 0 Å². The maximum Gasteiger partial charge on any atom is 0.127 e. The van der Waals surface area contributed by atoms with Crippen molar-refractivity contribution in [2.75, 3.05) is 0 Å². The number of para-hydroxylation sites is 1. The highest BCUT2D eigenvalue weighted by Gasteiger charge is 2.10. The van der Waals surface area contributed by atoms with Crippen LogP contribution in [0.15, 0.2) is 60.8 Å². The lowest BCUT2D eigenvalue weighted by Crippen LogP contribution is -2.19. The number of rotatable bonds is 4. The van der Waals surface area contributed by atoms with Crippen LogP contribution in [0.1, 0.15) is 24.1 Å². The fourth-order valence-electron chi connectivity index (χ4n) is 2.51. The van der Waals surface area contributed by atoms with Gasteiger partial charge in [0.1, 0.15) is 5.82 Å². The second kappa shape index (κ2) is 6.02. The summed E-state index contributed by atoms with van der Waals surface area (Å²) < 4.78 is 13.8. The Morgan fingerprint density at radius 2 is 1.86 bits per heavy atom. The van der Waals surface area contributed by atoms with Gasteiger partial charge < -0.3 is 5.32 Å². The maximum atomic E-state index is 13.8. The van der Waals surface area contributed by atoms with Gasteiger partial charge in [0.05, 0.1) is 5.52 Å². The molecule has 0 spiro atoms. The fraction of sp³-hybridized carbons (Fsp3) is 0.167. The van der Waals surface area contributed by atoms with Gasteiger partial charge >= 0.3 is 0 Å².